The Bertz CT molecular complexity index is 399. The Morgan fingerprint density at radius 3 is 2.87 bits per heavy atom. The minimum atomic E-state index is 0.00528. The van der Waals surface area contributed by atoms with Crippen LogP contribution in [0.1, 0.15) is 29.3 Å². The number of rotatable bonds is 4. The molecule has 0 aromatic heterocycles. The van der Waals surface area contributed by atoms with Crippen LogP contribution in [0.5, 0.6) is 5.75 Å². The third-order valence-corrected chi connectivity index (χ3v) is 2.02. The number of carbonyl (C=O) groups excluding carboxylic acids is 1. The summed E-state index contributed by atoms with van der Waals surface area (Å²) in [6.45, 7) is 3.93. The summed E-state index contributed by atoms with van der Waals surface area (Å²) in [4.78, 5) is 11.3. The van der Waals surface area contributed by atoms with Gasteiger partial charge in [0.2, 0.25) is 0 Å². The summed E-state index contributed by atoms with van der Waals surface area (Å²) in [7, 11) is 0. The quantitative estimate of drug-likeness (QED) is 0.426. The number of benzene rings is 1. The smallest absolute Gasteiger partial charge is 0.163 e. The predicted octanol–water partition coefficient (Wildman–Crippen LogP) is 2.60. The number of ether oxygens (including phenoxy) is 1. The van der Waals surface area contributed by atoms with Gasteiger partial charge >= 0.3 is 0 Å². The molecule has 0 saturated heterocycles. The lowest BCUT2D eigenvalue weighted by Gasteiger charge is -2.09. The lowest BCUT2D eigenvalue weighted by Crippen LogP contribution is -2.02. The van der Waals surface area contributed by atoms with Crippen molar-refractivity contribution in [3.05, 3.63) is 29.3 Å². The van der Waals surface area contributed by atoms with E-state index in [2.05, 4.69) is 5.92 Å². The molecule has 0 aliphatic heterocycles. The highest BCUT2D eigenvalue weighted by Crippen LogP contribution is 2.20. The fraction of sp³-hybridized carbons (Fsp3) is 0.308. The van der Waals surface area contributed by atoms with E-state index in [1.807, 2.05) is 19.1 Å². The normalized spacial score (nSPS) is 9.40. The third-order valence-electron chi connectivity index (χ3n) is 2.02. The van der Waals surface area contributed by atoms with Gasteiger partial charge in [-0.1, -0.05) is 6.07 Å². The summed E-state index contributed by atoms with van der Waals surface area (Å²) in [5.41, 5.74) is 1.67. The molecule has 2 heteroatoms. The van der Waals surface area contributed by atoms with Crippen molar-refractivity contribution in [1.82, 2.24) is 0 Å². The van der Waals surface area contributed by atoms with E-state index in [1.165, 1.54) is 6.92 Å². The van der Waals surface area contributed by atoms with Crippen LogP contribution in [0, 0.1) is 19.3 Å². The fourth-order valence-electron chi connectivity index (χ4n) is 1.26. The lowest BCUT2D eigenvalue weighted by molar-refractivity contribution is 0.101. The van der Waals surface area contributed by atoms with E-state index in [9.17, 15) is 4.79 Å². The summed E-state index contributed by atoms with van der Waals surface area (Å²) >= 11 is 0. The number of aryl methyl sites for hydroxylation is 1. The average Bonchev–Trinajstić information content (AvgIpc) is 2.18. The average molecular weight is 202 g/mol. The van der Waals surface area contributed by atoms with Gasteiger partial charge in [0.25, 0.3) is 0 Å². The Labute approximate surface area is 90.3 Å². The zero-order valence-electron chi connectivity index (χ0n) is 9.04. The number of ketones is 1. The van der Waals surface area contributed by atoms with Crippen molar-refractivity contribution in [2.75, 3.05) is 6.61 Å². The Hall–Kier alpha value is -1.75. The number of hydrogen-bond acceptors (Lipinski definition) is 2. The lowest BCUT2D eigenvalue weighted by atomic mass is 10.1. The van der Waals surface area contributed by atoms with Gasteiger partial charge in [-0.15, -0.1) is 12.3 Å². The van der Waals surface area contributed by atoms with E-state index in [-0.39, 0.29) is 5.78 Å². The molecule has 0 bridgehead atoms. The molecule has 0 heterocycles. The minimum absolute atomic E-state index is 0.00528. The van der Waals surface area contributed by atoms with Crippen LogP contribution in [0.25, 0.3) is 0 Å². The van der Waals surface area contributed by atoms with E-state index in [1.54, 1.807) is 6.07 Å². The highest BCUT2D eigenvalue weighted by Gasteiger charge is 2.07. The summed E-state index contributed by atoms with van der Waals surface area (Å²) in [6.07, 6.45) is 5.67. The summed E-state index contributed by atoms with van der Waals surface area (Å²) in [5, 5.41) is 0. The molecule has 1 rings (SSSR count). The van der Waals surface area contributed by atoms with Crippen LogP contribution in [-0.4, -0.2) is 12.4 Å². The van der Waals surface area contributed by atoms with Gasteiger partial charge in [0.05, 0.1) is 12.2 Å². The van der Waals surface area contributed by atoms with Crippen LogP contribution < -0.4 is 4.74 Å². The van der Waals surface area contributed by atoms with Crippen LogP contribution in [0.15, 0.2) is 18.2 Å². The molecule has 0 aliphatic rings. The van der Waals surface area contributed by atoms with Crippen molar-refractivity contribution in [3.63, 3.8) is 0 Å². The molecule has 1 aromatic rings. The molecule has 0 radical (unpaired) electrons. The summed E-state index contributed by atoms with van der Waals surface area (Å²) < 4.78 is 5.46. The molecule has 0 unspecified atom stereocenters. The first-order valence-corrected chi connectivity index (χ1v) is 4.83. The third kappa shape index (κ3) is 3.14. The van der Waals surface area contributed by atoms with Gasteiger partial charge in [0.1, 0.15) is 5.75 Å². The summed E-state index contributed by atoms with van der Waals surface area (Å²) in [6, 6.07) is 5.53. The van der Waals surface area contributed by atoms with E-state index in [0.717, 1.165) is 5.56 Å². The van der Waals surface area contributed by atoms with Crippen molar-refractivity contribution >= 4 is 5.78 Å². The highest BCUT2D eigenvalue weighted by atomic mass is 16.5. The second-order valence-electron chi connectivity index (χ2n) is 3.36. The van der Waals surface area contributed by atoms with E-state index in [0.29, 0.717) is 24.3 Å². The van der Waals surface area contributed by atoms with Crippen LogP contribution in [-0.2, 0) is 0 Å². The first-order chi connectivity index (χ1) is 7.15. The Kier molecular flexibility index (Phi) is 3.93. The second-order valence-corrected chi connectivity index (χ2v) is 3.36. The van der Waals surface area contributed by atoms with Gasteiger partial charge < -0.3 is 4.74 Å². The molecule has 0 aliphatic carbocycles. The molecule has 0 atom stereocenters. The van der Waals surface area contributed by atoms with Gasteiger partial charge in [-0.25, -0.2) is 0 Å². The molecule has 0 N–H and O–H groups in total. The number of terminal acetylenes is 1. The Balaban J connectivity index is 2.88. The van der Waals surface area contributed by atoms with Crippen LogP contribution in [0.2, 0.25) is 0 Å². The maximum atomic E-state index is 11.3. The van der Waals surface area contributed by atoms with Crippen LogP contribution in [0.3, 0.4) is 0 Å². The first kappa shape index (κ1) is 11.3. The molecule has 2 nitrogen and oxygen atoms in total. The number of hydrogen-bond donors (Lipinski definition) is 0. The van der Waals surface area contributed by atoms with Crippen molar-refractivity contribution in [1.29, 1.82) is 0 Å². The van der Waals surface area contributed by atoms with Crippen molar-refractivity contribution < 1.29 is 9.53 Å². The van der Waals surface area contributed by atoms with Gasteiger partial charge in [0, 0.05) is 6.42 Å². The maximum Gasteiger partial charge on any atom is 0.163 e. The fourth-order valence-corrected chi connectivity index (χ4v) is 1.26. The maximum absolute atomic E-state index is 11.3. The van der Waals surface area contributed by atoms with E-state index < -0.39 is 0 Å². The SMILES string of the molecule is C#CCCOc1cc(C)ccc1C(C)=O. The minimum Gasteiger partial charge on any atom is -0.492 e. The van der Waals surface area contributed by atoms with Gasteiger partial charge in [-0.2, -0.15) is 0 Å². The van der Waals surface area contributed by atoms with Crippen molar-refractivity contribution in [3.8, 4) is 18.1 Å². The molecular formula is C13H14O2. The molecule has 0 spiro atoms. The molecule has 0 amide bonds. The zero-order valence-corrected chi connectivity index (χ0v) is 9.04. The highest BCUT2D eigenvalue weighted by molar-refractivity contribution is 5.96. The van der Waals surface area contributed by atoms with Gasteiger partial charge in [0.15, 0.2) is 5.78 Å². The molecule has 15 heavy (non-hydrogen) atoms. The predicted molar refractivity (Wildman–Crippen MR) is 60.1 cm³/mol. The molecule has 78 valence electrons. The Morgan fingerprint density at radius 1 is 1.53 bits per heavy atom. The second kappa shape index (κ2) is 5.21. The summed E-state index contributed by atoms with van der Waals surface area (Å²) in [5.74, 6) is 3.12. The van der Waals surface area contributed by atoms with E-state index in [4.69, 9.17) is 11.2 Å². The number of carbonyl (C=O) groups is 1. The van der Waals surface area contributed by atoms with Gasteiger partial charge in [-0.05, 0) is 31.5 Å². The zero-order chi connectivity index (χ0) is 11.3. The van der Waals surface area contributed by atoms with Crippen molar-refractivity contribution in [2.24, 2.45) is 0 Å². The standard InChI is InChI=1S/C13H14O2/c1-4-5-8-15-13-9-10(2)6-7-12(13)11(3)14/h1,6-7,9H,5,8H2,2-3H3. The van der Waals surface area contributed by atoms with Crippen molar-refractivity contribution in [2.45, 2.75) is 20.3 Å². The Morgan fingerprint density at radius 2 is 2.27 bits per heavy atom. The molecule has 1 aromatic carbocycles. The topological polar surface area (TPSA) is 26.3 Å². The van der Waals surface area contributed by atoms with Gasteiger partial charge in [-0.3, -0.25) is 4.79 Å². The number of Topliss-reactive ketones (excluding diaryl/α,β-unsaturated/α-hetero) is 1. The van der Waals surface area contributed by atoms with Crippen LogP contribution >= 0.6 is 0 Å². The first-order valence-electron chi connectivity index (χ1n) is 4.83. The monoisotopic (exact) mass is 202 g/mol. The molecule has 0 fully saturated rings. The largest absolute Gasteiger partial charge is 0.492 e. The molecular weight excluding hydrogens is 188 g/mol. The van der Waals surface area contributed by atoms with Crippen LogP contribution in [0.4, 0.5) is 0 Å². The molecule has 0 saturated carbocycles. The van der Waals surface area contributed by atoms with E-state index >= 15 is 0 Å².